The van der Waals surface area contributed by atoms with E-state index in [0.29, 0.717) is 11.8 Å². The first-order chi connectivity index (χ1) is 9.40. The van der Waals surface area contributed by atoms with E-state index >= 15 is 0 Å². The Bertz CT molecular complexity index is 339. The Hall–Kier alpha value is -0.610. The van der Waals surface area contributed by atoms with Crippen molar-refractivity contribution >= 4 is 5.91 Å². The normalized spacial score (nSPS) is 33.1. The first kappa shape index (κ1) is 15.8. The van der Waals surface area contributed by atoms with E-state index in [0.717, 1.165) is 38.9 Å². The molecule has 2 fully saturated rings. The Morgan fingerprint density at radius 3 is 2.60 bits per heavy atom. The molecule has 4 nitrogen and oxygen atoms in total. The number of piperidine rings is 1. The highest BCUT2D eigenvalue weighted by molar-refractivity contribution is 5.86. The summed E-state index contributed by atoms with van der Waals surface area (Å²) in [6.45, 7) is 5.39. The predicted molar refractivity (Wildman–Crippen MR) is 82.4 cm³/mol. The molecular formula is C16H31N3O. The van der Waals surface area contributed by atoms with Gasteiger partial charge in [-0.1, -0.05) is 19.8 Å². The van der Waals surface area contributed by atoms with Gasteiger partial charge in [0.25, 0.3) is 0 Å². The molecule has 0 spiro atoms. The highest BCUT2D eigenvalue weighted by Gasteiger charge is 2.40. The van der Waals surface area contributed by atoms with E-state index < -0.39 is 5.54 Å². The second-order valence-electron chi connectivity index (χ2n) is 7.29. The van der Waals surface area contributed by atoms with Crippen molar-refractivity contribution in [2.75, 3.05) is 33.7 Å². The highest BCUT2D eigenvalue weighted by atomic mass is 16.2. The van der Waals surface area contributed by atoms with Gasteiger partial charge in [0.2, 0.25) is 5.91 Å². The van der Waals surface area contributed by atoms with Crippen LogP contribution in [0.2, 0.25) is 0 Å². The predicted octanol–water partition coefficient (Wildman–Crippen LogP) is 1.69. The van der Waals surface area contributed by atoms with Crippen molar-refractivity contribution in [2.45, 2.75) is 51.0 Å². The average Bonchev–Trinajstić information content (AvgIpc) is 2.40. The number of likely N-dealkylation sites (tertiary alicyclic amines) is 1. The van der Waals surface area contributed by atoms with Crippen LogP contribution in [0.1, 0.15) is 45.4 Å². The molecule has 1 aliphatic heterocycles. The molecule has 4 heteroatoms. The van der Waals surface area contributed by atoms with E-state index in [4.69, 9.17) is 5.73 Å². The second kappa shape index (κ2) is 6.44. The number of likely N-dealkylation sites (N-methyl/N-ethyl adjacent to an activating group) is 1. The minimum Gasteiger partial charge on any atom is -0.344 e. The van der Waals surface area contributed by atoms with Gasteiger partial charge in [-0.15, -0.1) is 0 Å². The largest absolute Gasteiger partial charge is 0.344 e. The minimum absolute atomic E-state index is 0.169. The van der Waals surface area contributed by atoms with E-state index in [-0.39, 0.29) is 5.91 Å². The Morgan fingerprint density at radius 1 is 1.35 bits per heavy atom. The quantitative estimate of drug-likeness (QED) is 0.856. The van der Waals surface area contributed by atoms with Crippen LogP contribution < -0.4 is 5.73 Å². The van der Waals surface area contributed by atoms with Crippen LogP contribution >= 0.6 is 0 Å². The van der Waals surface area contributed by atoms with Gasteiger partial charge in [-0.2, -0.15) is 0 Å². The molecule has 1 saturated carbocycles. The van der Waals surface area contributed by atoms with Crippen LogP contribution in [0, 0.1) is 11.8 Å². The first-order valence-corrected chi connectivity index (χ1v) is 8.14. The van der Waals surface area contributed by atoms with Gasteiger partial charge in [0, 0.05) is 13.6 Å². The lowest BCUT2D eigenvalue weighted by Crippen LogP contribution is -2.57. The van der Waals surface area contributed by atoms with Crippen LogP contribution in [0.3, 0.4) is 0 Å². The van der Waals surface area contributed by atoms with Gasteiger partial charge in [-0.25, -0.2) is 0 Å². The van der Waals surface area contributed by atoms with E-state index in [2.05, 4.69) is 18.9 Å². The molecule has 2 unspecified atom stereocenters. The molecule has 0 aromatic rings. The van der Waals surface area contributed by atoms with Crippen molar-refractivity contribution in [2.24, 2.45) is 17.6 Å². The Kier molecular flexibility index (Phi) is 5.08. The van der Waals surface area contributed by atoms with E-state index in [9.17, 15) is 4.79 Å². The molecule has 2 rings (SSSR count). The lowest BCUT2D eigenvalue weighted by atomic mass is 9.76. The van der Waals surface area contributed by atoms with Crippen LogP contribution in [-0.4, -0.2) is 55.0 Å². The number of carbonyl (C=O) groups is 1. The van der Waals surface area contributed by atoms with Crippen molar-refractivity contribution in [1.82, 2.24) is 9.80 Å². The number of rotatable bonds is 3. The van der Waals surface area contributed by atoms with Crippen LogP contribution in [0.15, 0.2) is 0 Å². The molecule has 2 N–H and O–H groups in total. The SMILES string of the molecule is CC1CCCC(N)(C(=O)N(C)CC2CCN(C)CC2)C1. The van der Waals surface area contributed by atoms with Gasteiger partial charge in [0.05, 0.1) is 5.54 Å². The zero-order valence-electron chi connectivity index (χ0n) is 13.4. The number of amides is 1. The molecule has 0 aromatic carbocycles. The maximum atomic E-state index is 12.7. The number of nitrogens with two attached hydrogens (primary N) is 1. The van der Waals surface area contributed by atoms with Gasteiger partial charge >= 0.3 is 0 Å². The average molecular weight is 281 g/mol. The third-order valence-electron chi connectivity index (χ3n) is 5.18. The van der Waals surface area contributed by atoms with Gasteiger partial charge in [-0.3, -0.25) is 4.79 Å². The van der Waals surface area contributed by atoms with Crippen LogP contribution in [0.4, 0.5) is 0 Å². The Balaban J connectivity index is 1.88. The molecule has 116 valence electrons. The molecule has 0 aromatic heterocycles. The summed E-state index contributed by atoms with van der Waals surface area (Å²) >= 11 is 0. The monoisotopic (exact) mass is 281 g/mol. The van der Waals surface area contributed by atoms with E-state index in [1.165, 1.54) is 19.3 Å². The molecule has 2 aliphatic rings. The summed E-state index contributed by atoms with van der Waals surface area (Å²) in [5.41, 5.74) is 5.82. The third kappa shape index (κ3) is 3.73. The van der Waals surface area contributed by atoms with Gasteiger partial charge in [-0.05, 0) is 57.7 Å². The van der Waals surface area contributed by atoms with Gasteiger partial charge in [0.1, 0.15) is 0 Å². The molecule has 2 atom stereocenters. The zero-order chi connectivity index (χ0) is 14.8. The maximum absolute atomic E-state index is 12.7. The number of hydrogen-bond acceptors (Lipinski definition) is 3. The summed E-state index contributed by atoms with van der Waals surface area (Å²) < 4.78 is 0. The van der Waals surface area contributed by atoms with E-state index in [1.54, 1.807) is 0 Å². The summed E-state index contributed by atoms with van der Waals surface area (Å²) in [4.78, 5) is 17.0. The van der Waals surface area contributed by atoms with Gasteiger partial charge < -0.3 is 15.5 Å². The number of carbonyl (C=O) groups excluding carboxylic acids is 1. The summed E-state index contributed by atoms with van der Waals surface area (Å²) in [6.07, 6.45) is 6.40. The molecule has 1 amide bonds. The maximum Gasteiger partial charge on any atom is 0.242 e. The fraction of sp³-hybridized carbons (Fsp3) is 0.938. The lowest BCUT2D eigenvalue weighted by Gasteiger charge is -2.39. The summed E-state index contributed by atoms with van der Waals surface area (Å²) in [6, 6.07) is 0. The standard InChI is InChI=1S/C16H31N3O/c1-13-5-4-8-16(17,11-13)15(20)19(3)12-14-6-9-18(2)10-7-14/h13-14H,4-12,17H2,1-3H3. The smallest absolute Gasteiger partial charge is 0.242 e. The number of nitrogens with zero attached hydrogens (tertiary/aromatic N) is 2. The Morgan fingerprint density at radius 2 is 2.00 bits per heavy atom. The second-order valence-corrected chi connectivity index (χ2v) is 7.29. The van der Waals surface area contributed by atoms with Crippen molar-refractivity contribution < 1.29 is 4.79 Å². The highest BCUT2D eigenvalue weighted by Crippen LogP contribution is 2.32. The molecule has 20 heavy (non-hydrogen) atoms. The molecule has 1 aliphatic carbocycles. The molecule has 0 radical (unpaired) electrons. The minimum atomic E-state index is -0.599. The van der Waals surface area contributed by atoms with Gasteiger partial charge in [0.15, 0.2) is 0 Å². The summed E-state index contributed by atoms with van der Waals surface area (Å²) in [5, 5.41) is 0. The summed E-state index contributed by atoms with van der Waals surface area (Å²) in [7, 11) is 4.11. The number of hydrogen-bond donors (Lipinski definition) is 1. The molecule has 1 saturated heterocycles. The first-order valence-electron chi connectivity index (χ1n) is 8.14. The van der Waals surface area contributed by atoms with Crippen molar-refractivity contribution in [3.63, 3.8) is 0 Å². The van der Waals surface area contributed by atoms with Crippen LogP contribution in [0.5, 0.6) is 0 Å². The zero-order valence-corrected chi connectivity index (χ0v) is 13.4. The van der Waals surface area contributed by atoms with Crippen molar-refractivity contribution in [1.29, 1.82) is 0 Å². The van der Waals surface area contributed by atoms with Crippen LogP contribution in [0.25, 0.3) is 0 Å². The summed E-state index contributed by atoms with van der Waals surface area (Å²) in [5.74, 6) is 1.39. The molecule has 0 bridgehead atoms. The topological polar surface area (TPSA) is 49.6 Å². The van der Waals surface area contributed by atoms with Crippen LogP contribution in [-0.2, 0) is 4.79 Å². The Labute approximate surface area is 123 Å². The molecule has 1 heterocycles. The van der Waals surface area contributed by atoms with E-state index in [1.807, 2.05) is 11.9 Å². The molecular weight excluding hydrogens is 250 g/mol. The fourth-order valence-electron chi connectivity index (χ4n) is 3.88. The lowest BCUT2D eigenvalue weighted by molar-refractivity contribution is -0.138. The third-order valence-corrected chi connectivity index (χ3v) is 5.18. The van der Waals surface area contributed by atoms with Crippen molar-refractivity contribution in [3.8, 4) is 0 Å². The van der Waals surface area contributed by atoms with Crippen molar-refractivity contribution in [3.05, 3.63) is 0 Å². The fourth-order valence-corrected chi connectivity index (χ4v) is 3.88.